The number of amides is 3. The number of benzene rings is 2. The first-order valence-electron chi connectivity index (χ1n) is 31.5. The molecular formula is C65H85F3N10O5. The number of rotatable bonds is 10. The topological polar surface area (TPSA) is 158 Å². The zero-order chi connectivity index (χ0) is 57.5. The van der Waals surface area contributed by atoms with Crippen molar-refractivity contribution in [3.63, 3.8) is 0 Å². The van der Waals surface area contributed by atoms with Crippen LogP contribution in [0.3, 0.4) is 0 Å². The third-order valence-corrected chi connectivity index (χ3v) is 20.5. The van der Waals surface area contributed by atoms with Crippen LogP contribution in [0.4, 0.5) is 18.9 Å². The van der Waals surface area contributed by atoms with Crippen molar-refractivity contribution in [1.82, 2.24) is 45.3 Å². The van der Waals surface area contributed by atoms with Gasteiger partial charge < -0.3 is 24.4 Å². The molecule has 6 saturated heterocycles. The zero-order valence-electron chi connectivity index (χ0n) is 49.1. The van der Waals surface area contributed by atoms with Gasteiger partial charge in [0.1, 0.15) is 24.7 Å². The highest BCUT2D eigenvalue weighted by Gasteiger charge is 2.55. The summed E-state index contributed by atoms with van der Waals surface area (Å²) in [5.41, 5.74) is 8.74. The highest BCUT2D eigenvalue weighted by molar-refractivity contribution is 5.96. The molecule has 0 radical (unpaired) electrons. The maximum absolute atomic E-state index is 15.3. The van der Waals surface area contributed by atoms with Gasteiger partial charge in [-0.05, 0) is 142 Å². The van der Waals surface area contributed by atoms with E-state index in [0.29, 0.717) is 71.8 Å². The monoisotopic (exact) mass is 1140 g/mol. The molecule has 13 rings (SSSR count). The first kappa shape index (κ1) is 56.6. The van der Waals surface area contributed by atoms with Crippen LogP contribution in [-0.4, -0.2) is 161 Å². The molecule has 0 unspecified atom stereocenters. The van der Waals surface area contributed by atoms with Gasteiger partial charge in [0.05, 0.1) is 35.9 Å². The normalized spacial score (nSPS) is 28.7. The molecule has 7 aliphatic heterocycles. The maximum Gasteiger partial charge on any atom is 0.406 e. The Hall–Kier alpha value is -5.56. The summed E-state index contributed by atoms with van der Waals surface area (Å²) in [6, 6.07) is 14.1. The Balaban J connectivity index is 0.852. The smallest absolute Gasteiger partial charge is 0.406 e. The molecule has 9 aliphatic rings. The van der Waals surface area contributed by atoms with Crippen molar-refractivity contribution in [3.05, 3.63) is 71.5 Å². The minimum Gasteiger partial charge on any atom is -0.464 e. The van der Waals surface area contributed by atoms with E-state index in [-0.39, 0.29) is 60.5 Å². The molecule has 1 spiro atoms. The van der Waals surface area contributed by atoms with Crippen molar-refractivity contribution in [1.29, 1.82) is 0 Å². The van der Waals surface area contributed by atoms with Gasteiger partial charge in [0, 0.05) is 91.6 Å². The number of nitrogens with zero attached hydrogens (tertiary/aromatic N) is 7. The van der Waals surface area contributed by atoms with E-state index in [9.17, 15) is 9.59 Å². The van der Waals surface area contributed by atoms with Gasteiger partial charge in [0.2, 0.25) is 11.8 Å². The number of ether oxygens (including phenoxy) is 1. The number of esters is 1. The van der Waals surface area contributed by atoms with E-state index >= 15 is 22.8 Å². The predicted molar refractivity (Wildman–Crippen MR) is 313 cm³/mol. The molecule has 8 fully saturated rings. The second kappa shape index (κ2) is 22.4. The second-order valence-electron chi connectivity index (χ2n) is 27.6. The fourth-order valence-corrected chi connectivity index (χ4v) is 15.9. The van der Waals surface area contributed by atoms with Crippen LogP contribution in [0.2, 0.25) is 0 Å². The largest absolute Gasteiger partial charge is 0.464 e. The molecule has 446 valence electrons. The van der Waals surface area contributed by atoms with Crippen molar-refractivity contribution in [2.45, 2.75) is 179 Å². The molecule has 6 bridgehead atoms. The molecule has 2 aromatic heterocycles. The van der Waals surface area contributed by atoms with E-state index in [2.05, 4.69) is 41.7 Å². The highest BCUT2D eigenvalue weighted by Crippen LogP contribution is 2.47. The van der Waals surface area contributed by atoms with Gasteiger partial charge in [-0.1, -0.05) is 77.3 Å². The van der Waals surface area contributed by atoms with Crippen molar-refractivity contribution >= 4 is 40.3 Å². The van der Waals surface area contributed by atoms with Gasteiger partial charge in [-0.15, -0.1) is 0 Å². The van der Waals surface area contributed by atoms with Gasteiger partial charge >= 0.3 is 12.1 Å². The number of hydrogen-bond donors (Lipinski definition) is 3. The Kier molecular flexibility index (Phi) is 15.2. The maximum atomic E-state index is 15.3. The number of piperidine rings is 1. The third-order valence-electron chi connectivity index (χ3n) is 20.5. The summed E-state index contributed by atoms with van der Waals surface area (Å²) >= 11 is 0. The summed E-state index contributed by atoms with van der Waals surface area (Å²) in [4.78, 5) is 72.9. The Morgan fingerprint density at radius 3 is 2.46 bits per heavy atom. The lowest BCUT2D eigenvalue weighted by atomic mass is 9.83. The van der Waals surface area contributed by atoms with Crippen molar-refractivity contribution in [3.8, 4) is 22.4 Å². The number of pyridine rings is 1. The van der Waals surface area contributed by atoms with Crippen LogP contribution in [0.5, 0.6) is 0 Å². The molecule has 4 aromatic rings. The molecule has 18 heteroatoms. The van der Waals surface area contributed by atoms with Gasteiger partial charge in [-0.3, -0.25) is 44.3 Å². The average Bonchev–Trinajstić information content (AvgIpc) is 2.33. The summed E-state index contributed by atoms with van der Waals surface area (Å²) in [7, 11) is 0. The first-order valence-corrected chi connectivity index (χ1v) is 31.5. The van der Waals surface area contributed by atoms with Crippen LogP contribution < -0.4 is 21.0 Å². The van der Waals surface area contributed by atoms with Gasteiger partial charge in [0.25, 0.3) is 5.91 Å². The van der Waals surface area contributed by atoms with Crippen LogP contribution in [0.15, 0.2) is 54.7 Å². The Labute approximate surface area is 486 Å². The van der Waals surface area contributed by atoms with Crippen LogP contribution >= 0.6 is 0 Å². The van der Waals surface area contributed by atoms with Gasteiger partial charge in [0.15, 0.2) is 0 Å². The number of carbonyl (C=O) groups is 4. The minimum atomic E-state index is -4.56. The van der Waals surface area contributed by atoms with Crippen LogP contribution in [-0.2, 0) is 43.3 Å². The van der Waals surface area contributed by atoms with E-state index in [0.717, 1.165) is 119 Å². The third kappa shape index (κ3) is 11.7. The number of aromatic nitrogens is 2. The predicted octanol–water partition coefficient (Wildman–Crippen LogP) is 8.61. The quantitative estimate of drug-likeness (QED) is 0.103. The molecule has 2 aliphatic carbocycles. The van der Waals surface area contributed by atoms with Crippen LogP contribution in [0.1, 0.15) is 134 Å². The fraction of sp³-hybridized carbons (Fsp3) is 0.646. The molecule has 2 aromatic carbocycles. The molecule has 2 saturated carbocycles. The Morgan fingerprint density at radius 2 is 1.66 bits per heavy atom. The number of piperazine rings is 1. The van der Waals surface area contributed by atoms with Crippen molar-refractivity contribution in [2.75, 3.05) is 70.4 Å². The number of carbonyl (C=O) groups excluding carboxylic acids is 4. The lowest BCUT2D eigenvalue weighted by Gasteiger charge is -2.45. The Bertz CT molecular complexity index is 3130. The van der Waals surface area contributed by atoms with Gasteiger partial charge in [-0.2, -0.15) is 13.2 Å². The molecule has 3 N–H and O–H groups in total. The SMILES string of the molecule is CC(C)c1ncc(N2CCN3CCCC[C@@H]3C2)cc1-c1c2c3cc(ccc3n1CC(F)(F)F)-c1cccc(c1)C[C@H](NC(=O)[C@H](C1CCCC1)N1CC[C@]3(CCN(C(=O)[C@@H]4N[C@@H]4C4CC4)C3)C1)C(=O)N1CCC[C@H](N1)C(=O)OCC(C)(C)C2. The number of likely N-dealkylation sites (tertiary alicyclic amines) is 2. The zero-order valence-corrected chi connectivity index (χ0v) is 49.1. The first-order chi connectivity index (χ1) is 39.9. The number of cyclic esters (lactones) is 1. The number of fused-ring (bicyclic) bond motifs is 7. The van der Waals surface area contributed by atoms with E-state index in [4.69, 9.17) is 9.72 Å². The number of halogens is 3. The van der Waals surface area contributed by atoms with Gasteiger partial charge in [-0.25, -0.2) is 5.43 Å². The van der Waals surface area contributed by atoms with E-state index in [1.54, 1.807) is 0 Å². The second-order valence-corrected chi connectivity index (χ2v) is 27.6. The number of hydrazine groups is 1. The lowest BCUT2D eigenvalue weighted by Crippen LogP contribution is -2.62. The summed E-state index contributed by atoms with van der Waals surface area (Å²) in [5.74, 6) is -0.165. The summed E-state index contributed by atoms with van der Waals surface area (Å²) in [6.07, 6.45) is 10.4. The van der Waals surface area contributed by atoms with Crippen LogP contribution in [0.25, 0.3) is 33.3 Å². The molecule has 9 heterocycles. The summed E-state index contributed by atoms with van der Waals surface area (Å²) in [5, 5.41) is 8.96. The number of nitrogens with one attached hydrogen (secondary N) is 3. The number of anilines is 1. The molecule has 15 nitrogen and oxygen atoms in total. The Morgan fingerprint density at radius 1 is 0.867 bits per heavy atom. The molecule has 3 amide bonds. The van der Waals surface area contributed by atoms with E-state index in [1.807, 2.05) is 76.4 Å². The van der Waals surface area contributed by atoms with E-state index in [1.165, 1.54) is 35.3 Å². The van der Waals surface area contributed by atoms with E-state index < -0.39 is 42.2 Å². The minimum absolute atomic E-state index is 0.0297. The van der Waals surface area contributed by atoms with Crippen LogP contribution in [0, 0.1) is 22.7 Å². The standard InChI is InChI=1S/C65H85F3N10O5/c1-40(2)54-49(32-47(34-69-54)74-28-27-73-23-8-7-15-46(73)35-74)58-50-33-63(3,4)39-83-62(82)51-16-10-24-78(72-51)60(80)52(30-41-11-9-14-44(29-41)45-19-20-53(48(50)31-45)77(58)38-65(66,67)68)70-59(79)57(43-12-5-6-13-43)75-25-21-64(36-75)22-26-76(37-64)61(81)56-55(71-56)42-17-18-42/h9,11,14,19-20,29,31-32,34,40,42-43,46,51-52,55-57,71-72H,5-8,10,12-13,15-18,21-28,30,33,35-39H2,1-4H3,(H,70,79)/t46-,51+,52+,55-,56-,57+,64+/m1/s1. The molecule has 83 heavy (non-hydrogen) atoms. The summed E-state index contributed by atoms with van der Waals surface area (Å²) in [6.45, 7) is 13.7. The summed E-state index contributed by atoms with van der Waals surface area (Å²) < 4.78 is 53.5. The number of alkyl halides is 3. The molecular weight excluding hydrogens is 1060 g/mol. The average molecular weight is 1140 g/mol. The fourth-order valence-electron chi connectivity index (χ4n) is 15.9. The van der Waals surface area contributed by atoms with Crippen molar-refractivity contribution in [2.24, 2.45) is 22.7 Å². The number of hydrogen-bond acceptors (Lipinski definition) is 11. The molecule has 7 atom stereocenters. The van der Waals surface area contributed by atoms with Crippen molar-refractivity contribution < 1.29 is 37.1 Å². The lowest BCUT2D eigenvalue weighted by molar-refractivity contribution is -0.155. The highest BCUT2D eigenvalue weighted by atomic mass is 19.4.